The van der Waals surface area contributed by atoms with Crippen LogP contribution in [0.15, 0.2) is 0 Å². The van der Waals surface area contributed by atoms with Crippen LogP contribution in [0.4, 0.5) is 0 Å². The van der Waals surface area contributed by atoms with Crippen molar-refractivity contribution in [2.75, 3.05) is 0 Å². The standard InChI is InChI=1S/C11H15N5O2.ClH/c1-6-8(3-4-10(17)18)7(2)16-11(13-6)14-9(5-12)15-16;/h3-5,12H2,1-2H3,(H,17,18);1H. The van der Waals surface area contributed by atoms with Crippen molar-refractivity contribution >= 4 is 24.2 Å². The van der Waals surface area contributed by atoms with Gasteiger partial charge in [-0.15, -0.1) is 17.5 Å². The summed E-state index contributed by atoms with van der Waals surface area (Å²) in [6.45, 7) is 3.99. The third-order valence-corrected chi connectivity index (χ3v) is 2.86. The van der Waals surface area contributed by atoms with E-state index in [1.54, 1.807) is 4.52 Å². The number of nitrogens with two attached hydrogens (primary N) is 1. The predicted molar refractivity (Wildman–Crippen MR) is 71.4 cm³/mol. The maximum atomic E-state index is 10.6. The van der Waals surface area contributed by atoms with Crippen LogP contribution in [-0.4, -0.2) is 30.7 Å². The van der Waals surface area contributed by atoms with Gasteiger partial charge in [0.05, 0.1) is 6.54 Å². The molecule has 0 spiro atoms. The normalized spacial score (nSPS) is 10.5. The molecule has 0 unspecified atom stereocenters. The fourth-order valence-corrected chi connectivity index (χ4v) is 1.93. The van der Waals surface area contributed by atoms with Crippen molar-refractivity contribution in [3.8, 4) is 0 Å². The molecule has 19 heavy (non-hydrogen) atoms. The SMILES string of the molecule is Cc1nc2nc(CN)nn2c(C)c1CCC(=O)O.Cl. The number of aromatic nitrogens is 4. The second-order valence-corrected chi connectivity index (χ2v) is 4.10. The van der Waals surface area contributed by atoms with Crippen molar-refractivity contribution in [1.82, 2.24) is 19.6 Å². The Balaban J connectivity index is 0.00000180. The zero-order valence-corrected chi connectivity index (χ0v) is 11.6. The van der Waals surface area contributed by atoms with Gasteiger partial charge in [-0.05, 0) is 25.8 Å². The van der Waals surface area contributed by atoms with E-state index >= 15 is 0 Å². The van der Waals surface area contributed by atoms with Crippen molar-refractivity contribution in [2.45, 2.75) is 33.2 Å². The van der Waals surface area contributed by atoms with Gasteiger partial charge < -0.3 is 10.8 Å². The molecule has 0 saturated heterocycles. The minimum absolute atomic E-state index is 0. The first kappa shape index (κ1) is 15.3. The molecule has 2 rings (SSSR count). The second kappa shape index (κ2) is 5.94. The van der Waals surface area contributed by atoms with Crippen LogP contribution >= 0.6 is 12.4 Å². The van der Waals surface area contributed by atoms with Crippen molar-refractivity contribution < 1.29 is 9.90 Å². The Kier molecular flexibility index (Phi) is 4.79. The minimum Gasteiger partial charge on any atom is -0.481 e. The van der Waals surface area contributed by atoms with Gasteiger partial charge >= 0.3 is 5.97 Å². The number of hydrogen-bond acceptors (Lipinski definition) is 5. The third kappa shape index (κ3) is 2.99. The molecule has 104 valence electrons. The summed E-state index contributed by atoms with van der Waals surface area (Å²) in [4.78, 5) is 19.2. The summed E-state index contributed by atoms with van der Waals surface area (Å²) in [6.07, 6.45) is 0.515. The molecule has 0 radical (unpaired) electrons. The average molecular weight is 286 g/mol. The lowest BCUT2D eigenvalue weighted by molar-refractivity contribution is -0.136. The number of carboxylic acid groups (broad SMARTS) is 1. The molecule has 3 N–H and O–H groups in total. The van der Waals surface area contributed by atoms with E-state index in [2.05, 4.69) is 15.1 Å². The Hall–Kier alpha value is -1.73. The van der Waals surface area contributed by atoms with Crippen LogP contribution in [0.1, 0.15) is 29.2 Å². The molecule has 0 amide bonds. The van der Waals surface area contributed by atoms with Crippen LogP contribution in [-0.2, 0) is 17.8 Å². The highest BCUT2D eigenvalue weighted by Gasteiger charge is 2.13. The molecular formula is C11H16ClN5O2. The molecule has 0 atom stereocenters. The van der Waals surface area contributed by atoms with Gasteiger partial charge in [0.2, 0.25) is 0 Å². The van der Waals surface area contributed by atoms with Gasteiger partial charge in [0.25, 0.3) is 5.78 Å². The summed E-state index contributed by atoms with van der Waals surface area (Å²) >= 11 is 0. The van der Waals surface area contributed by atoms with Crippen molar-refractivity contribution in [3.05, 3.63) is 22.8 Å². The maximum Gasteiger partial charge on any atom is 0.303 e. The molecule has 2 aromatic heterocycles. The molecule has 8 heteroatoms. The summed E-state index contributed by atoms with van der Waals surface area (Å²) in [5.74, 6) is 0.208. The van der Waals surface area contributed by atoms with E-state index in [1.165, 1.54) is 0 Å². The molecule has 0 aliphatic heterocycles. The fraction of sp³-hybridized carbons (Fsp3) is 0.455. The number of carbonyl (C=O) groups is 1. The Morgan fingerprint density at radius 1 is 1.37 bits per heavy atom. The summed E-state index contributed by atoms with van der Waals surface area (Å²) in [5, 5.41) is 13.0. The summed E-state index contributed by atoms with van der Waals surface area (Å²) in [5.41, 5.74) is 8.05. The number of carboxylic acids is 1. The highest BCUT2D eigenvalue weighted by molar-refractivity contribution is 5.85. The highest BCUT2D eigenvalue weighted by atomic mass is 35.5. The molecule has 0 aromatic carbocycles. The van der Waals surface area contributed by atoms with E-state index in [-0.39, 0.29) is 25.4 Å². The molecule has 2 aromatic rings. The number of halogens is 1. The fourth-order valence-electron chi connectivity index (χ4n) is 1.93. The van der Waals surface area contributed by atoms with Crippen LogP contribution in [0.2, 0.25) is 0 Å². The van der Waals surface area contributed by atoms with Crippen LogP contribution in [0.5, 0.6) is 0 Å². The predicted octanol–water partition coefficient (Wildman–Crippen LogP) is 0.639. The lowest BCUT2D eigenvalue weighted by Crippen LogP contribution is -2.08. The molecule has 0 saturated carbocycles. The van der Waals surface area contributed by atoms with E-state index < -0.39 is 5.97 Å². The highest BCUT2D eigenvalue weighted by Crippen LogP contribution is 2.15. The number of aryl methyl sites for hydroxylation is 2. The van der Waals surface area contributed by atoms with Gasteiger partial charge in [0.1, 0.15) is 0 Å². The largest absolute Gasteiger partial charge is 0.481 e. The molecular weight excluding hydrogens is 270 g/mol. The van der Waals surface area contributed by atoms with E-state index in [4.69, 9.17) is 10.8 Å². The molecule has 2 heterocycles. The Labute approximate surface area is 116 Å². The molecule has 0 aliphatic rings. The zero-order valence-electron chi connectivity index (χ0n) is 10.8. The van der Waals surface area contributed by atoms with E-state index in [1.807, 2.05) is 13.8 Å². The van der Waals surface area contributed by atoms with E-state index in [0.29, 0.717) is 18.0 Å². The lowest BCUT2D eigenvalue weighted by atomic mass is 10.1. The van der Waals surface area contributed by atoms with Crippen LogP contribution < -0.4 is 5.73 Å². The van der Waals surface area contributed by atoms with E-state index in [9.17, 15) is 4.79 Å². The van der Waals surface area contributed by atoms with Gasteiger partial charge in [-0.1, -0.05) is 0 Å². The summed E-state index contributed by atoms with van der Waals surface area (Å²) < 4.78 is 1.62. The van der Waals surface area contributed by atoms with Crippen molar-refractivity contribution in [1.29, 1.82) is 0 Å². The zero-order chi connectivity index (χ0) is 13.3. The number of hydrogen-bond donors (Lipinski definition) is 2. The Morgan fingerprint density at radius 3 is 2.63 bits per heavy atom. The quantitative estimate of drug-likeness (QED) is 0.854. The number of rotatable bonds is 4. The summed E-state index contributed by atoms with van der Waals surface area (Å²) in [7, 11) is 0. The topological polar surface area (TPSA) is 106 Å². The number of fused-ring (bicyclic) bond motifs is 1. The molecule has 0 fully saturated rings. The van der Waals surface area contributed by atoms with Crippen molar-refractivity contribution in [3.63, 3.8) is 0 Å². The lowest BCUT2D eigenvalue weighted by Gasteiger charge is -2.08. The van der Waals surface area contributed by atoms with Crippen LogP contribution in [0.3, 0.4) is 0 Å². The van der Waals surface area contributed by atoms with Crippen molar-refractivity contribution in [2.24, 2.45) is 5.73 Å². The number of nitrogens with zero attached hydrogens (tertiary/aromatic N) is 4. The average Bonchev–Trinajstić information content (AvgIpc) is 2.71. The first-order valence-electron chi connectivity index (χ1n) is 5.66. The van der Waals surface area contributed by atoms with Gasteiger partial charge in [0, 0.05) is 17.8 Å². The van der Waals surface area contributed by atoms with Gasteiger partial charge in [-0.2, -0.15) is 4.98 Å². The molecule has 0 aliphatic carbocycles. The maximum absolute atomic E-state index is 10.6. The third-order valence-electron chi connectivity index (χ3n) is 2.86. The van der Waals surface area contributed by atoms with Gasteiger partial charge in [-0.3, -0.25) is 4.79 Å². The number of aliphatic carboxylic acids is 1. The first-order chi connectivity index (χ1) is 8.52. The first-order valence-corrected chi connectivity index (χ1v) is 5.66. The van der Waals surface area contributed by atoms with Gasteiger partial charge in [-0.25, -0.2) is 9.50 Å². The molecule has 0 bridgehead atoms. The van der Waals surface area contributed by atoms with Gasteiger partial charge in [0.15, 0.2) is 5.82 Å². The Bertz CT molecular complexity index is 611. The minimum atomic E-state index is -0.824. The Morgan fingerprint density at radius 2 is 2.05 bits per heavy atom. The summed E-state index contributed by atoms with van der Waals surface area (Å²) in [6, 6.07) is 0. The smallest absolute Gasteiger partial charge is 0.303 e. The second-order valence-electron chi connectivity index (χ2n) is 4.10. The van der Waals surface area contributed by atoms with E-state index in [0.717, 1.165) is 17.0 Å². The van der Waals surface area contributed by atoms with Crippen LogP contribution in [0, 0.1) is 13.8 Å². The van der Waals surface area contributed by atoms with Crippen LogP contribution in [0.25, 0.3) is 5.78 Å². The molecule has 7 nitrogen and oxygen atoms in total. The monoisotopic (exact) mass is 285 g/mol.